The number of hydrogen-bond acceptors (Lipinski definition) is 16. The highest BCUT2D eigenvalue weighted by molar-refractivity contribution is 6.63. The summed E-state index contributed by atoms with van der Waals surface area (Å²) in [7, 11) is 4.38. The molecule has 2 aliphatic heterocycles. The van der Waals surface area contributed by atoms with E-state index in [0.29, 0.717) is 50.5 Å². The van der Waals surface area contributed by atoms with Gasteiger partial charge in [0.2, 0.25) is 5.78 Å². The molecule has 3 aliphatic rings. The number of fused-ring (bicyclic) bond motifs is 1. The van der Waals surface area contributed by atoms with Crippen LogP contribution in [0.3, 0.4) is 0 Å². The molecule has 0 aromatic carbocycles. The molecule has 1 saturated carbocycles. The zero-order chi connectivity index (χ0) is 54.7. The van der Waals surface area contributed by atoms with Gasteiger partial charge in [0, 0.05) is 58.5 Å². The topological polar surface area (TPSA) is 250 Å². The van der Waals surface area contributed by atoms with Crippen LogP contribution in [0.5, 0.6) is 0 Å². The number of hydrogen-bond donors (Lipinski definition) is 4. The average Bonchev–Trinajstić information content (AvgIpc) is 3.37. The van der Waals surface area contributed by atoms with Crippen molar-refractivity contribution in [1.29, 1.82) is 0 Å². The number of Topliss-reactive ketones (excluding diaryl/α,β-unsaturated/α-hetero) is 4. The van der Waals surface area contributed by atoms with Gasteiger partial charge >= 0.3 is 11.9 Å². The summed E-state index contributed by atoms with van der Waals surface area (Å²) >= 11 is 0. The van der Waals surface area contributed by atoms with Crippen LogP contribution in [0.2, 0.25) is 0 Å². The number of esters is 2. The molecule has 4 N–H and O–H groups in total. The Labute approximate surface area is 433 Å². The second-order valence-electron chi connectivity index (χ2n) is 21.4. The minimum absolute atomic E-state index is 0.0137. The standard InChI is InChI=1S/C56H87NO16/c1-33-17-13-12-14-18-34(2)45(69-9)29-41(60)22-20-35(3)48(62)51(65)53(66)57-24-16-15-19-42(57)54(67)72-46(30-43(61)36(4)26-39(7)50(64)52(71-11)49(63)38(6)25-33)37(5)27-40-21-23-44(47(28-40)70-10)73-55(68)56(8,31-58)32-59/h12-14,17-18,26,33,35-38,40-42,44-47,50,52,58-60,64H,15-16,19-25,27-32H2,1-11H3/b14-12?,17-13-,34-18?,39-26-. The molecule has 14 atom stereocenters. The van der Waals surface area contributed by atoms with E-state index in [1.54, 1.807) is 26.8 Å². The van der Waals surface area contributed by atoms with Crippen LogP contribution >= 0.6 is 0 Å². The number of ketones is 4. The minimum atomic E-state index is -1.49. The van der Waals surface area contributed by atoms with Crippen molar-refractivity contribution >= 4 is 41.0 Å². The van der Waals surface area contributed by atoms with E-state index in [0.717, 1.165) is 10.5 Å². The van der Waals surface area contributed by atoms with Gasteiger partial charge in [0.15, 0.2) is 5.78 Å². The number of nitrogens with zero attached hydrogens (tertiary/aromatic N) is 1. The first kappa shape index (κ1) is 63.1. The maximum Gasteiger partial charge on any atom is 0.329 e. The number of carbonyl (C=O) groups excluding carboxylic acids is 7. The summed E-state index contributed by atoms with van der Waals surface area (Å²) in [5.41, 5.74) is -0.315. The van der Waals surface area contributed by atoms with Crippen LogP contribution in [-0.2, 0) is 57.2 Å². The van der Waals surface area contributed by atoms with E-state index in [4.69, 9.17) is 23.7 Å². The maximum absolute atomic E-state index is 14.4. The van der Waals surface area contributed by atoms with E-state index < -0.39 is 120 Å². The molecule has 412 valence electrons. The Morgan fingerprint density at radius 2 is 1.49 bits per heavy atom. The summed E-state index contributed by atoms with van der Waals surface area (Å²) in [6, 6.07) is -1.22. The summed E-state index contributed by atoms with van der Waals surface area (Å²) in [5.74, 6) is -8.26. The summed E-state index contributed by atoms with van der Waals surface area (Å²) in [6.07, 6.45) is 8.53. The van der Waals surface area contributed by atoms with Gasteiger partial charge in [-0.15, -0.1) is 0 Å². The molecule has 2 heterocycles. The Hall–Kier alpha value is -4.23. The number of aliphatic hydroxyl groups excluding tert-OH is 4. The number of rotatable bonds is 10. The lowest BCUT2D eigenvalue weighted by atomic mass is 9.78. The van der Waals surface area contributed by atoms with Crippen molar-refractivity contribution in [2.75, 3.05) is 41.1 Å². The van der Waals surface area contributed by atoms with Gasteiger partial charge in [-0.1, -0.05) is 71.1 Å². The summed E-state index contributed by atoms with van der Waals surface area (Å²) in [5, 5.41) is 42.0. The molecule has 0 aromatic heterocycles. The van der Waals surface area contributed by atoms with E-state index in [2.05, 4.69) is 0 Å². The molecular weight excluding hydrogens is 943 g/mol. The van der Waals surface area contributed by atoms with Crippen LogP contribution in [0.4, 0.5) is 0 Å². The fraction of sp³-hybridized carbons (Fsp3) is 0.732. The van der Waals surface area contributed by atoms with Gasteiger partial charge in [-0.05, 0) is 114 Å². The number of carbonyl (C=O) groups is 7. The van der Waals surface area contributed by atoms with Crippen molar-refractivity contribution in [2.24, 2.45) is 40.9 Å². The molecule has 1 amide bonds. The van der Waals surface area contributed by atoms with Crippen molar-refractivity contribution in [1.82, 2.24) is 4.90 Å². The highest BCUT2D eigenvalue weighted by atomic mass is 16.6. The third-order valence-corrected chi connectivity index (χ3v) is 15.3. The number of allylic oxidation sites excluding steroid dienone is 6. The third kappa shape index (κ3) is 18.2. The van der Waals surface area contributed by atoms with Crippen molar-refractivity contribution in [3.63, 3.8) is 0 Å². The molecule has 2 fully saturated rings. The van der Waals surface area contributed by atoms with E-state index in [9.17, 15) is 54.0 Å². The second-order valence-corrected chi connectivity index (χ2v) is 21.4. The van der Waals surface area contributed by atoms with E-state index >= 15 is 0 Å². The van der Waals surface area contributed by atoms with Gasteiger partial charge in [-0.3, -0.25) is 28.8 Å². The highest BCUT2D eigenvalue weighted by Crippen LogP contribution is 2.36. The van der Waals surface area contributed by atoms with Gasteiger partial charge < -0.3 is 49.0 Å². The Balaban J connectivity index is 1.99. The Morgan fingerprint density at radius 3 is 2.12 bits per heavy atom. The quantitative estimate of drug-likeness (QED) is 0.119. The molecule has 3 rings (SSSR count). The van der Waals surface area contributed by atoms with Crippen molar-refractivity contribution < 1.29 is 77.7 Å². The number of ether oxygens (including phenoxy) is 5. The Bertz CT molecular complexity index is 1990. The molecule has 17 nitrogen and oxygen atoms in total. The number of amides is 1. The zero-order valence-corrected chi connectivity index (χ0v) is 45.3. The molecule has 0 bridgehead atoms. The molecule has 0 radical (unpaired) electrons. The fourth-order valence-corrected chi connectivity index (χ4v) is 10.1. The van der Waals surface area contributed by atoms with Crippen molar-refractivity contribution in [3.05, 3.63) is 47.6 Å². The van der Waals surface area contributed by atoms with E-state index in [1.165, 1.54) is 35.2 Å². The van der Waals surface area contributed by atoms with E-state index in [1.807, 2.05) is 51.2 Å². The third-order valence-electron chi connectivity index (χ3n) is 15.3. The van der Waals surface area contributed by atoms with Crippen molar-refractivity contribution in [2.45, 2.75) is 181 Å². The van der Waals surface area contributed by atoms with Gasteiger partial charge in [0.1, 0.15) is 41.7 Å². The predicted octanol–water partition coefficient (Wildman–Crippen LogP) is 5.57. The normalized spacial score (nSPS) is 33.8. The van der Waals surface area contributed by atoms with Gasteiger partial charge in [0.05, 0.1) is 31.5 Å². The van der Waals surface area contributed by atoms with Crippen LogP contribution in [0, 0.1) is 40.9 Å². The van der Waals surface area contributed by atoms with E-state index in [-0.39, 0.29) is 62.1 Å². The second kappa shape index (κ2) is 30.4. The van der Waals surface area contributed by atoms with Crippen LogP contribution in [0.25, 0.3) is 0 Å². The van der Waals surface area contributed by atoms with Crippen LogP contribution < -0.4 is 0 Å². The molecule has 17 heteroatoms. The SMILES string of the molecule is COC1CC(O)CCC(C)C(=O)C(=O)C(=O)N2CCCCC2C(=O)OC(C(C)CC2CCC(OC(=O)C(C)(CO)CO)C(OC)C2)CC(=O)C(C)/C=C(/C)C(O)C(OC)C(=O)C(C)CC(C)/C=C\C=CC=C1C. The lowest BCUT2D eigenvalue weighted by molar-refractivity contribution is -0.177. The maximum atomic E-state index is 14.4. The first-order valence-corrected chi connectivity index (χ1v) is 26.2. The molecule has 73 heavy (non-hydrogen) atoms. The van der Waals surface area contributed by atoms with Crippen LogP contribution in [0.1, 0.15) is 132 Å². The lowest BCUT2D eigenvalue weighted by Gasteiger charge is -2.38. The summed E-state index contributed by atoms with van der Waals surface area (Å²) in [4.78, 5) is 97.4. The lowest BCUT2D eigenvalue weighted by Crippen LogP contribution is -2.53. The van der Waals surface area contributed by atoms with Gasteiger partial charge in [0.25, 0.3) is 11.7 Å². The Kier molecular flexibility index (Phi) is 26.2. The number of piperidine rings is 1. The minimum Gasteiger partial charge on any atom is -0.460 e. The molecule has 14 unspecified atom stereocenters. The van der Waals surface area contributed by atoms with Gasteiger partial charge in [-0.25, -0.2) is 4.79 Å². The Morgan fingerprint density at radius 1 is 0.808 bits per heavy atom. The number of cyclic esters (lactones) is 1. The zero-order valence-electron chi connectivity index (χ0n) is 45.3. The molecule has 1 aliphatic carbocycles. The average molecular weight is 1030 g/mol. The highest BCUT2D eigenvalue weighted by Gasteiger charge is 2.43. The molecule has 1 saturated heterocycles. The van der Waals surface area contributed by atoms with Gasteiger partial charge in [-0.2, -0.15) is 0 Å². The number of aliphatic hydroxyl groups is 4. The monoisotopic (exact) mass is 1030 g/mol. The molecule has 0 aromatic rings. The smallest absolute Gasteiger partial charge is 0.329 e. The summed E-state index contributed by atoms with van der Waals surface area (Å²) in [6.45, 7) is 12.5. The van der Waals surface area contributed by atoms with Crippen LogP contribution in [0.15, 0.2) is 47.6 Å². The predicted molar refractivity (Wildman–Crippen MR) is 272 cm³/mol. The van der Waals surface area contributed by atoms with Crippen molar-refractivity contribution in [3.8, 4) is 0 Å². The first-order valence-electron chi connectivity index (χ1n) is 26.2. The van der Waals surface area contributed by atoms with Crippen LogP contribution in [-0.4, -0.2) is 156 Å². The largest absolute Gasteiger partial charge is 0.460 e. The molecular formula is C56H87NO16. The number of methoxy groups -OCH3 is 3. The molecule has 0 spiro atoms. The fourth-order valence-electron chi connectivity index (χ4n) is 10.1. The first-order chi connectivity index (χ1) is 34.5. The summed E-state index contributed by atoms with van der Waals surface area (Å²) < 4.78 is 29.0.